The van der Waals surface area contributed by atoms with E-state index in [-0.39, 0.29) is 6.54 Å². The van der Waals surface area contributed by atoms with Gasteiger partial charge in [0.25, 0.3) is 0 Å². The number of nitrogens with zero attached hydrogens (tertiary/aromatic N) is 1. The Balaban J connectivity index is 2.33. The van der Waals surface area contributed by atoms with Crippen LogP contribution in [-0.2, 0) is 21.3 Å². The zero-order chi connectivity index (χ0) is 17.9. The molecule has 0 heterocycles. The molecule has 0 aromatic heterocycles. The van der Waals surface area contributed by atoms with Gasteiger partial charge in [0.2, 0.25) is 10.0 Å². The summed E-state index contributed by atoms with van der Waals surface area (Å²) in [6.07, 6.45) is 1.19. The van der Waals surface area contributed by atoms with Crippen LogP contribution < -0.4 is 4.31 Å². The fourth-order valence-corrected chi connectivity index (χ4v) is 3.19. The predicted octanol–water partition coefficient (Wildman–Crippen LogP) is 3.06. The zero-order valence-corrected chi connectivity index (χ0v) is 15.1. The molecule has 0 saturated carbocycles. The largest absolute Gasteiger partial charge is 0.465 e. The minimum Gasteiger partial charge on any atom is -0.465 e. The van der Waals surface area contributed by atoms with E-state index >= 15 is 0 Å². The molecule has 2 aromatic rings. The minimum absolute atomic E-state index is 0.197. The van der Waals surface area contributed by atoms with Gasteiger partial charge in [0.1, 0.15) is 0 Å². The zero-order valence-electron chi connectivity index (χ0n) is 14.2. The molecule has 0 N–H and O–H groups in total. The predicted molar refractivity (Wildman–Crippen MR) is 94.7 cm³/mol. The molecule has 0 aliphatic rings. The highest BCUT2D eigenvalue weighted by Gasteiger charge is 2.18. The van der Waals surface area contributed by atoms with Crippen molar-refractivity contribution in [3.05, 3.63) is 64.7 Å². The van der Waals surface area contributed by atoms with Crippen molar-refractivity contribution in [2.45, 2.75) is 20.4 Å². The lowest BCUT2D eigenvalue weighted by atomic mass is 10.1. The van der Waals surface area contributed by atoms with Crippen molar-refractivity contribution in [2.75, 3.05) is 17.7 Å². The highest BCUT2D eigenvalue weighted by molar-refractivity contribution is 7.92. The van der Waals surface area contributed by atoms with Crippen molar-refractivity contribution in [3.8, 4) is 0 Å². The van der Waals surface area contributed by atoms with Crippen molar-refractivity contribution >= 4 is 21.7 Å². The molecule has 6 heteroatoms. The molecule has 0 amide bonds. The molecular formula is C18H21NO4S. The molecule has 0 aliphatic heterocycles. The summed E-state index contributed by atoms with van der Waals surface area (Å²) in [7, 11) is -2.11. The van der Waals surface area contributed by atoms with E-state index in [1.807, 2.05) is 26.0 Å². The monoisotopic (exact) mass is 347 g/mol. The van der Waals surface area contributed by atoms with Gasteiger partial charge >= 0.3 is 5.97 Å². The second kappa shape index (κ2) is 7.05. The number of carbonyl (C=O) groups excluding carboxylic acids is 1. The number of sulfonamides is 1. The van der Waals surface area contributed by atoms with E-state index < -0.39 is 16.0 Å². The lowest BCUT2D eigenvalue weighted by Gasteiger charge is -2.23. The summed E-state index contributed by atoms with van der Waals surface area (Å²) >= 11 is 0. The van der Waals surface area contributed by atoms with Gasteiger partial charge in [-0.3, -0.25) is 4.31 Å². The number of rotatable bonds is 5. The maximum Gasteiger partial charge on any atom is 0.337 e. The van der Waals surface area contributed by atoms with Gasteiger partial charge in [0.15, 0.2) is 0 Å². The van der Waals surface area contributed by atoms with Gasteiger partial charge in [-0.05, 0) is 54.8 Å². The average Bonchev–Trinajstić information content (AvgIpc) is 2.54. The molecule has 0 radical (unpaired) electrons. The van der Waals surface area contributed by atoms with Crippen molar-refractivity contribution in [1.29, 1.82) is 0 Å². The maximum atomic E-state index is 12.2. The lowest BCUT2D eigenvalue weighted by Crippen LogP contribution is -2.29. The summed E-state index contributed by atoms with van der Waals surface area (Å²) in [5.41, 5.74) is 3.97. The number of anilines is 1. The molecule has 2 aromatic carbocycles. The van der Waals surface area contributed by atoms with E-state index in [9.17, 15) is 13.2 Å². The number of methoxy groups -OCH3 is 1. The summed E-state index contributed by atoms with van der Waals surface area (Å²) in [5, 5.41) is 0. The molecule has 128 valence electrons. The Morgan fingerprint density at radius 3 is 2.17 bits per heavy atom. The summed E-state index contributed by atoms with van der Waals surface area (Å²) in [6, 6.07) is 12.3. The Kier molecular flexibility index (Phi) is 5.29. The van der Waals surface area contributed by atoms with E-state index in [0.29, 0.717) is 11.3 Å². The normalized spacial score (nSPS) is 11.2. The van der Waals surface area contributed by atoms with Crippen LogP contribution in [0.1, 0.15) is 27.0 Å². The van der Waals surface area contributed by atoms with Crippen LogP contribution in [0.25, 0.3) is 0 Å². The summed E-state index contributed by atoms with van der Waals surface area (Å²) < 4.78 is 30.4. The molecule has 24 heavy (non-hydrogen) atoms. The first-order valence-corrected chi connectivity index (χ1v) is 9.29. The summed E-state index contributed by atoms with van der Waals surface area (Å²) in [6.45, 7) is 4.13. The van der Waals surface area contributed by atoms with Gasteiger partial charge < -0.3 is 4.74 Å². The molecule has 0 saturated heterocycles. The molecule has 0 spiro atoms. The van der Waals surface area contributed by atoms with Crippen molar-refractivity contribution in [3.63, 3.8) is 0 Å². The second-order valence-electron chi connectivity index (χ2n) is 5.73. The Hall–Kier alpha value is -2.34. The number of ether oxygens (including phenoxy) is 1. The highest BCUT2D eigenvalue weighted by Crippen LogP contribution is 2.23. The Bertz CT molecular complexity index is 842. The van der Waals surface area contributed by atoms with E-state index in [4.69, 9.17) is 0 Å². The summed E-state index contributed by atoms with van der Waals surface area (Å²) in [5.74, 6) is -0.421. The van der Waals surface area contributed by atoms with Crippen molar-refractivity contribution in [2.24, 2.45) is 0 Å². The van der Waals surface area contributed by atoms with Gasteiger partial charge in [-0.1, -0.05) is 18.2 Å². The molecule has 2 rings (SSSR count). The first kappa shape index (κ1) is 18.0. The van der Waals surface area contributed by atoms with Crippen LogP contribution in [0, 0.1) is 13.8 Å². The fourth-order valence-electron chi connectivity index (χ4n) is 2.31. The minimum atomic E-state index is -3.44. The lowest BCUT2D eigenvalue weighted by molar-refractivity contribution is 0.0600. The van der Waals surface area contributed by atoms with Crippen LogP contribution in [0.3, 0.4) is 0 Å². The van der Waals surface area contributed by atoms with Crippen LogP contribution in [0.15, 0.2) is 42.5 Å². The number of aryl methyl sites for hydroxylation is 2. The molecule has 5 nitrogen and oxygen atoms in total. The number of hydrogen-bond acceptors (Lipinski definition) is 4. The van der Waals surface area contributed by atoms with Gasteiger partial charge in [0.05, 0.1) is 31.2 Å². The molecule has 0 fully saturated rings. The highest BCUT2D eigenvalue weighted by atomic mass is 32.2. The van der Waals surface area contributed by atoms with Gasteiger partial charge in [-0.25, -0.2) is 13.2 Å². The van der Waals surface area contributed by atoms with Gasteiger partial charge in [-0.15, -0.1) is 0 Å². The molecule has 0 aliphatic carbocycles. The third kappa shape index (κ3) is 4.14. The quantitative estimate of drug-likeness (QED) is 0.780. The molecule has 0 bridgehead atoms. The Morgan fingerprint density at radius 1 is 1.04 bits per heavy atom. The summed E-state index contributed by atoms with van der Waals surface area (Å²) in [4.78, 5) is 11.5. The molecule has 0 unspecified atom stereocenters. The van der Waals surface area contributed by atoms with Crippen molar-refractivity contribution < 1.29 is 17.9 Å². The molecular weight excluding hydrogens is 326 g/mol. The standard InChI is InChI=1S/C18H21NO4S/c1-13-5-10-17(11-14(13)2)19(24(4,21)22)12-15-6-8-16(9-7-15)18(20)23-3/h5-11H,12H2,1-4H3. The van der Waals surface area contributed by atoms with Crippen LogP contribution in [0.5, 0.6) is 0 Å². The second-order valence-corrected chi connectivity index (χ2v) is 7.63. The number of carbonyl (C=O) groups is 1. The van der Waals surface area contributed by atoms with Crippen LogP contribution in [-0.4, -0.2) is 27.8 Å². The third-order valence-electron chi connectivity index (χ3n) is 3.88. The van der Waals surface area contributed by atoms with Crippen molar-refractivity contribution in [1.82, 2.24) is 0 Å². The number of hydrogen-bond donors (Lipinski definition) is 0. The third-order valence-corrected chi connectivity index (χ3v) is 5.02. The van der Waals surface area contributed by atoms with E-state index in [1.54, 1.807) is 30.3 Å². The van der Waals surface area contributed by atoms with E-state index in [1.165, 1.54) is 17.7 Å². The van der Waals surface area contributed by atoms with Crippen LogP contribution in [0.4, 0.5) is 5.69 Å². The Morgan fingerprint density at radius 2 is 1.67 bits per heavy atom. The first-order valence-electron chi connectivity index (χ1n) is 7.44. The van der Waals surface area contributed by atoms with E-state index in [2.05, 4.69) is 4.74 Å². The van der Waals surface area contributed by atoms with Crippen LogP contribution in [0.2, 0.25) is 0 Å². The van der Waals surface area contributed by atoms with E-state index in [0.717, 1.165) is 16.7 Å². The average molecular weight is 347 g/mol. The topological polar surface area (TPSA) is 63.7 Å². The SMILES string of the molecule is COC(=O)c1ccc(CN(c2ccc(C)c(C)c2)S(C)(=O)=O)cc1. The maximum absolute atomic E-state index is 12.2. The fraction of sp³-hybridized carbons (Fsp3) is 0.278. The molecule has 0 atom stereocenters. The Labute approximate surface area is 142 Å². The smallest absolute Gasteiger partial charge is 0.337 e. The van der Waals surface area contributed by atoms with Gasteiger partial charge in [0, 0.05) is 0 Å². The number of esters is 1. The van der Waals surface area contributed by atoms with Crippen LogP contribution >= 0.6 is 0 Å². The first-order chi connectivity index (χ1) is 11.2. The number of benzene rings is 2. The van der Waals surface area contributed by atoms with Gasteiger partial charge in [-0.2, -0.15) is 0 Å².